The minimum atomic E-state index is -4.18. The molecule has 1 heterocycles. The Hall–Kier alpha value is -4.43. The molecule has 0 aliphatic rings. The third kappa shape index (κ3) is 8.23. The van der Waals surface area contributed by atoms with Crippen LogP contribution in [0.15, 0.2) is 83.9 Å². The first-order valence-electron chi connectivity index (χ1n) is 14.5. The van der Waals surface area contributed by atoms with Crippen LogP contribution in [-0.2, 0) is 50.5 Å². The number of nitrogens with zero attached hydrogens (tertiary/aromatic N) is 4. The number of aromatic carboxylic acids is 1. The summed E-state index contributed by atoms with van der Waals surface area (Å²) >= 11 is 0. The summed E-state index contributed by atoms with van der Waals surface area (Å²) in [7, 11) is -2.59. The molecule has 0 unspecified atom stereocenters. The molecule has 46 heavy (non-hydrogen) atoms. The number of hydrogen-bond acceptors (Lipinski definition) is 8. The third-order valence-corrected chi connectivity index (χ3v) is 9.45. The summed E-state index contributed by atoms with van der Waals surface area (Å²) < 4.78 is 42.2. The molecule has 0 saturated carbocycles. The van der Waals surface area contributed by atoms with E-state index in [-0.39, 0.29) is 30.2 Å². The predicted molar refractivity (Wildman–Crippen MR) is 168 cm³/mol. The normalized spacial score (nSPS) is 12.7. The molecule has 0 aliphatic carbocycles. The highest BCUT2D eigenvalue weighted by Crippen LogP contribution is 2.38. The fourth-order valence-electron chi connectivity index (χ4n) is 4.87. The Morgan fingerprint density at radius 2 is 1.74 bits per heavy atom. The number of aromatic nitrogens is 3. The highest BCUT2D eigenvalue weighted by molar-refractivity contribution is 7.89. The molecule has 0 aliphatic heterocycles. The number of aliphatic carboxylic acids is 1. The van der Waals surface area contributed by atoms with Gasteiger partial charge in [0.05, 0.1) is 47.9 Å². The summed E-state index contributed by atoms with van der Waals surface area (Å²) in [6, 6.07) is 19.7. The van der Waals surface area contributed by atoms with Crippen LogP contribution in [0.25, 0.3) is 0 Å². The first-order chi connectivity index (χ1) is 21.8. The number of methoxy groups -OCH3 is 1. The van der Waals surface area contributed by atoms with Gasteiger partial charge in [0.25, 0.3) is 0 Å². The minimum Gasteiger partial charge on any atom is -0.481 e. The van der Waals surface area contributed by atoms with E-state index >= 15 is 0 Å². The quantitative estimate of drug-likeness (QED) is 0.174. The Morgan fingerprint density at radius 1 is 1.00 bits per heavy atom. The SMILES string of the molecule is COCCn1cc(CO[C@H](c2ccc(C)c(CN(Cc3ccccc3)S(=O)(=O)c3cccc(C(=O)O)c3)c2)C(C)(C)C(=O)O)nn1. The van der Waals surface area contributed by atoms with Gasteiger partial charge >= 0.3 is 11.9 Å². The number of sulfonamides is 1. The van der Waals surface area contributed by atoms with Crippen molar-refractivity contribution in [2.75, 3.05) is 13.7 Å². The Labute approximate surface area is 268 Å². The molecule has 12 nitrogen and oxygen atoms in total. The maximum Gasteiger partial charge on any atom is 0.335 e. The van der Waals surface area contributed by atoms with Gasteiger partial charge in [-0.15, -0.1) is 5.10 Å². The van der Waals surface area contributed by atoms with Crippen LogP contribution in [0.2, 0.25) is 0 Å². The maximum atomic E-state index is 14.0. The van der Waals surface area contributed by atoms with Crippen molar-refractivity contribution in [1.82, 2.24) is 19.3 Å². The zero-order valence-electron chi connectivity index (χ0n) is 26.2. The van der Waals surface area contributed by atoms with Crippen LogP contribution in [-0.4, -0.2) is 63.6 Å². The van der Waals surface area contributed by atoms with Crippen LogP contribution in [0.4, 0.5) is 0 Å². The van der Waals surface area contributed by atoms with E-state index in [1.54, 1.807) is 50.0 Å². The van der Waals surface area contributed by atoms with Gasteiger partial charge in [-0.2, -0.15) is 4.31 Å². The minimum absolute atomic E-state index is 0.00794. The second kappa shape index (κ2) is 14.8. The molecule has 13 heteroatoms. The van der Waals surface area contributed by atoms with Gasteiger partial charge in [-0.25, -0.2) is 17.9 Å². The molecule has 2 N–H and O–H groups in total. The Kier molecular flexibility index (Phi) is 11.1. The molecule has 0 bridgehead atoms. The van der Waals surface area contributed by atoms with Crippen LogP contribution in [0.1, 0.15) is 58.3 Å². The highest BCUT2D eigenvalue weighted by Gasteiger charge is 2.39. The number of benzene rings is 3. The van der Waals surface area contributed by atoms with E-state index in [9.17, 15) is 28.2 Å². The Balaban J connectivity index is 1.70. The molecule has 0 fully saturated rings. The smallest absolute Gasteiger partial charge is 0.335 e. The van der Waals surface area contributed by atoms with Crippen LogP contribution < -0.4 is 0 Å². The average molecular weight is 651 g/mol. The first-order valence-corrected chi connectivity index (χ1v) is 16.0. The zero-order chi connectivity index (χ0) is 33.5. The van der Waals surface area contributed by atoms with Gasteiger partial charge in [-0.3, -0.25) is 4.79 Å². The van der Waals surface area contributed by atoms with Crippen molar-refractivity contribution in [3.8, 4) is 0 Å². The summed E-state index contributed by atoms with van der Waals surface area (Å²) in [6.45, 7) is 5.86. The molecule has 1 atom stereocenters. The molecule has 0 spiro atoms. The Morgan fingerprint density at radius 3 is 2.41 bits per heavy atom. The van der Waals surface area contributed by atoms with E-state index in [4.69, 9.17) is 9.47 Å². The molecule has 4 rings (SSSR count). The number of carbonyl (C=O) groups is 2. The van der Waals surface area contributed by atoms with E-state index in [0.29, 0.717) is 30.0 Å². The number of rotatable bonds is 16. The van der Waals surface area contributed by atoms with Crippen molar-refractivity contribution >= 4 is 22.0 Å². The van der Waals surface area contributed by atoms with E-state index in [1.807, 2.05) is 37.3 Å². The van der Waals surface area contributed by atoms with Crippen LogP contribution >= 0.6 is 0 Å². The van der Waals surface area contributed by atoms with Gasteiger partial charge in [0, 0.05) is 20.2 Å². The number of ether oxygens (including phenoxy) is 2. The van der Waals surface area contributed by atoms with Gasteiger partial charge in [0.1, 0.15) is 5.69 Å². The molecule has 0 amide bonds. The number of carboxylic acid groups (broad SMARTS) is 2. The Bertz CT molecular complexity index is 1770. The molecule has 0 radical (unpaired) electrons. The lowest BCUT2D eigenvalue weighted by Crippen LogP contribution is -2.33. The van der Waals surface area contributed by atoms with Gasteiger partial charge in [0.2, 0.25) is 10.0 Å². The topological polar surface area (TPSA) is 161 Å². The van der Waals surface area contributed by atoms with Crippen molar-refractivity contribution in [2.45, 2.75) is 58.0 Å². The van der Waals surface area contributed by atoms with Crippen LogP contribution in [0.3, 0.4) is 0 Å². The monoisotopic (exact) mass is 650 g/mol. The van der Waals surface area contributed by atoms with Crippen molar-refractivity contribution in [3.63, 3.8) is 0 Å². The lowest BCUT2D eigenvalue weighted by atomic mass is 9.81. The summed E-state index contributed by atoms with van der Waals surface area (Å²) in [5.41, 5.74) is 1.69. The van der Waals surface area contributed by atoms with Gasteiger partial charge in [0.15, 0.2) is 0 Å². The first kappa shape index (κ1) is 34.4. The van der Waals surface area contributed by atoms with Crippen molar-refractivity contribution in [2.24, 2.45) is 5.41 Å². The molecule has 3 aromatic carbocycles. The van der Waals surface area contributed by atoms with Crippen molar-refractivity contribution in [1.29, 1.82) is 0 Å². The molecular weight excluding hydrogens is 612 g/mol. The van der Waals surface area contributed by atoms with Crippen molar-refractivity contribution in [3.05, 3.63) is 113 Å². The van der Waals surface area contributed by atoms with Gasteiger partial charge in [-0.05, 0) is 61.2 Å². The summed E-state index contributed by atoms with van der Waals surface area (Å²) in [4.78, 5) is 23.9. The molecular formula is C33H38N4O8S. The van der Waals surface area contributed by atoms with Crippen LogP contribution in [0.5, 0.6) is 0 Å². The standard InChI is InChI=1S/C33H38N4O8S/c1-23-13-14-25(30(33(2,3)32(40)41)45-22-28-21-36(35-34-28)15-16-44-4)17-27(23)20-37(19-24-9-6-5-7-10-24)46(42,43)29-12-8-11-26(18-29)31(38)39/h5-14,17-18,21,30H,15-16,19-20,22H2,1-4H3,(H,38,39)(H,40,41)/t30-/m1/s1. The second-order valence-corrected chi connectivity index (χ2v) is 13.4. The fraction of sp³-hybridized carbons (Fsp3) is 0.333. The van der Waals surface area contributed by atoms with E-state index in [2.05, 4.69) is 10.3 Å². The lowest BCUT2D eigenvalue weighted by molar-refractivity contribution is -0.158. The van der Waals surface area contributed by atoms with Gasteiger partial charge < -0.3 is 19.7 Å². The maximum absolute atomic E-state index is 14.0. The zero-order valence-corrected chi connectivity index (χ0v) is 27.0. The molecule has 4 aromatic rings. The molecule has 1 aromatic heterocycles. The van der Waals surface area contributed by atoms with Crippen molar-refractivity contribution < 1.29 is 37.7 Å². The van der Waals surface area contributed by atoms with Gasteiger partial charge in [-0.1, -0.05) is 59.8 Å². The number of carboxylic acids is 2. The predicted octanol–water partition coefficient (Wildman–Crippen LogP) is 4.69. The van der Waals surface area contributed by atoms with E-state index in [0.717, 1.165) is 17.2 Å². The largest absolute Gasteiger partial charge is 0.481 e. The second-order valence-electron chi connectivity index (χ2n) is 11.5. The molecule has 0 saturated heterocycles. The fourth-order valence-corrected chi connectivity index (χ4v) is 6.32. The van der Waals surface area contributed by atoms with E-state index in [1.165, 1.54) is 22.5 Å². The summed E-state index contributed by atoms with van der Waals surface area (Å²) in [6.07, 6.45) is 0.774. The van der Waals surface area contributed by atoms with E-state index < -0.39 is 33.5 Å². The summed E-state index contributed by atoms with van der Waals surface area (Å²) in [5.74, 6) is -2.31. The summed E-state index contributed by atoms with van der Waals surface area (Å²) in [5, 5.41) is 27.8. The number of aryl methyl sites for hydroxylation is 1. The number of hydrogen-bond donors (Lipinski definition) is 2. The molecule has 244 valence electrons. The van der Waals surface area contributed by atoms with Crippen LogP contribution in [0, 0.1) is 12.3 Å². The average Bonchev–Trinajstić information content (AvgIpc) is 3.49. The lowest BCUT2D eigenvalue weighted by Gasteiger charge is -2.31. The third-order valence-electron chi connectivity index (χ3n) is 7.66. The highest BCUT2D eigenvalue weighted by atomic mass is 32.2.